The number of rotatable bonds is 2. The van der Waals surface area contributed by atoms with Crippen molar-refractivity contribution in [3.05, 3.63) is 0 Å². The molecule has 86 valence electrons. The summed E-state index contributed by atoms with van der Waals surface area (Å²) in [7, 11) is 0. The highest BCUT2D eigenvalue weighted by Gasteiger charge is 2.26. The van der Waals surface area contributed by atoms with Gasteiger partial charge in [0.05, 0.1) is 12.6 Å². The number of hydrogen-bond donors (Lipinski definition) is 2. The number of nitrogens with one attached hydrogen (secondary N) is 1. The second kappa shape index (κ2) is 4.81. The van der Waals surface area contributed by atoms with Crippen LogP contribution in [0.1, 0.15) is 25.7 Å². The fourth-order valence-corrected chi connectivity index (χ4v) is 2.08. The second-order valence-electron chi connectivity index (χ2n) is 4.31. The molecule has 0 aromatic carbocycles. The van der Waals surface area contributed by atoms with Crippen LogP contribution in [0.5, 0.6) is 0 Å². The molecule has 3 atom stereocenters. The smallest absolute Gasteiger partial charge is 0.407 e. The van der Waals surface area contributed by atoms with Crippen molar-refractivity contribution in [2.75, 3.05) is 13.2 Å². The van der Waals surface area contributed by atoms with E-state index in [0.717, 1.165) is 32.3 Å². The van der Waals surface area contributed by atoms with Crippen LogP contribution < -0.4 is 11.1 Å². The number of carbonyl (C=O) groups excluding carboxylic acids is 1. The van der Waals surface area contributed by atoms with E-state index in [2.05, 4.69) is 5.32 Å². The van der Waals surface area contributed by atoms with Crippen LogP contribution in [0.25, 0.3) is 0 Å². The third kappa shape index (κ3) is 3.07. The van der Waals surface area contributed by atoms with Gasteiger partial charge in [-0.05, 0) is 25.7 Å². The van der Waals surface area contributed by atoms with E-state index in [1.807, 2.05) is 0 Å². The van der Waals surface area contributed by atoms with E-state index in [1.165, 1.54) is 0 Å². The Bertz CT molecular complexity index is 229. The number of carbonyl (C=O) groups is 1. The lowest BCUT2D eigenvalue weighted by atomic mass is 10.3. The molecule has 15 heavy (non-hydrogen) atoms. The predicted molar refractivity (Wildman–Crippen MR) is 54.5 cm³/mol. The Morgan fingerprint density at radius 2 is 2.27 bits per heavy atom. The zero-order chi connectivity index (χ0) is 10.7. The average Bonchev–Trinajstić information content (AvgIpc) is 2.77. The van der Waals surface area contributed by atoms with E-state index in [1.54, 1.807) is 0 Å². The van der Waals surface area contributed by atoms with Gasteiger partial charge in [0.25, 0.3) is 0 Å². The Hall–Kier alpha value is -0.810. The maximum Gasteiger partial charge on any atom is 0.407 e. The van der Waals surface area contributed by atoms with Crippen LogP contribution >= 0.6 is 0 Å². The standard InChI is InChI=1S/C10H18N2O3/c11-7-1-2-9(5-7)15-10(13)12-8-3-4-14-6-8/h7-9H,1-6,11H2,(H,12,13). The molecule has 2 rings (SSSR count). The van der Waals surface area contributed by atoms with Gasteiger partial charge in [0.1, 0.15) is 6.10 Å². The van der Waals surface area contributed by atoms with Crippen LogP contribution in [0, 0.1) is 0 Å². The molecule has 5 heteroatoms. The first-order valence-electron chi connectivity index (χ1n) is 5.54. The minimum atomic E-state index is -0.329. The van der Waals surface area contributed by atoms with Crippen molar-refractivity contribution >= 4 is 6.09 Å². The predicted octanol–water partition coefficient (Wildman–Crippen LogP) is 0.381. The van der Waals surface area contributed by atoms with Crippen LogP contribution in [0.3, 0.4) is 0 Å². The average molecular weight is 214 g/mol. The van der Waals surface area contributed by atoms with E-state index >= 15 is 0 Å². The summed E-state index contributed by atoms with van der Waals surface area (Å²) < 4.78 is 10.4. The van der Waals surface area contributed by atoms with Crippen LogP contribution in [0.2, 0.25) is 0 Å². The molecule has 3 unspecified atom stereocenters. The van der Waals surface area contributed by atoms with E-state index in [4.69, 9.17) is 15.2 Å². The van der Waals surface area contributed by atoms with Crippen molar-refractivity contribution < 1.29 is 14.3 Å². The van der Waals surface area contributed by atoms with E-state index in [-0.39, 0.29) is 24.3 Å². The molecule has 1 aliphatic heterocycles. The molecule has 0 aromatic rings. The van der Waals surface area contributed by atoms with E-state index < -0.39 is 0 Å². The minimum Gasteiger partial charge on any atom is -0.446 e. The van der Waals surface area contributed by atoms with Crippen molar-refractivity contribution in [1.82, 2.24) is 5.32 Å². The first kappa shape index (κ1) is 10.7. The summed E-state index contributed by atoms with van der Waals surface area (Å²) in [5, 5.41) is 2.79. The highest BCUT2D eigenvalue weighted by molar-refractivity contribution is 5.67. The summed E-state index contributed by atoms with van der Waals surface area (Å²) in [6.45, 7) is 1.32. The quantitative estimate of drug-likeness (QED) is 0.697. The first-order chi connectivity index (χ1) is 7.24. The maximum absolute atomic E-state index is 11.4. The summed E-state index contributed by atoms with van der Waals surface area (Å²) >= 11 is 0. The van der Waals surface area contributed by atoms with Crippen molar-refractivity contribution in [3.8, 4) is 0 Å². The molecule has 1 heterocycles. The van der Waals surface area contributed by atoms with Crippen LogP contribution in [-0.4, -0.2) is 37.5 Å². The molecule has 0 aromatic heterocycles. The summed E-state index contributed by atoms with van der Waals surface area (Å²) in [6.07, 6.45) is 3.17. The first-order valence-corrected chi connectivity index (χ1v) is 5.54. The molecule has 5 nitrogen and oxygen atoms in total. The fourth-order valence-electron chi connectivity index (χ4n) is 2.08. The Balaban J connectivity index is 1.67. The molecule has 0 bridgehead atoms. The Morgan fingerprint density at radius 1 is 1.40 bits per heavy atom. The number of nitrogens with two attached hydrogens (primary N) is 1. The number of ether oxygens (including phenoxy) is 2. The van der Waals surface area contributed by atoms with Gasteiger partial charge in [-0.1, -0.05) is 0 Å². The summed E-state index contributed by atoms with van der Waals surface area (Å²) in [5.41, 5.74) is 5.73. The van der Waals surface area contributed by atoms with Crippen LogP contribution in [0.4, 0.5) is 4.79 Å². The lowest BCUT2D eigenvalue weighted by molar-refractivity contribution is 0.0958. The van der Waals surface area contributed by atoms with Crippen molar-refractivity contribution in [1.29, 1.82) is 0 Å². The molecular weight excluding hydrogens is 196 g/mol. The lowest BCUT2D eigenvalue weighted by Crippen LogP contribution is -2.37. The molecule has 2 fully saturated rings. The molecule has 2 aliphatic rings. The molecule has 1 saturated carbocycles. The van der Waals surface area contributed by atoms with Crippen LogP contribution in [-0.2, 0) is 9.47 Å². The summed E-state index contributed by atoms with van der Waals surface area (Å²) in [6, 6.07) is 0.310. The van der Waals surface area contributed by atoms with Gasteiger partial charge in [-0.15, -0.1) is 0 Å². The van der Waals surface area contributed by atoms with Gasteiger partial charge in [-0.25, -0.2) is 4.79 Å². The molecule has 1 saturated heterocycles. The molecule has 1 amide bonds. The number of amides is 1. The van der Waals surface area contributed by atoms with Crippen LogP contribution in [0.15, 0.2) is 0 Å². The second-order valence-corrected chi connectivity index (χ2v) is 4.31. The molecule has 3 N–H and O–H groups in total. The third-order valence-corrected chi connectivity index (χ3v) is 2.95. The van der Waals surface area contributed by atoms with Gasteiger partial charge in [-0.2, -0.15) is 0 Å². The Labute approximate surface area is 89.3 Å². The van der Waals surface area contributed by atoms with Gasteiger partial charge in [0.15, 0.2) is 0 Å². The van der Waals surface area contributed by atoms with Gasteiger partial charge in [0, 0.05) is 12.6 Å². The van der Waals surface area contributed by atoms with Crippen molar-refractivity contribution in [3.63, 3.8) is 0 Å². The fraction of sp³-hybridized carbons (Fsp3) is 0.900. The SMILES string of the molecule is NC1CCC(OC(=O)NC2CCOC2)C1. The number of hydrogen-bond acceptors (Lipinski definition) is 4. The highest BCUT2D eigenvalue weighted by atomic mass is 16.6. The van der Waals surface area contributed by atoms with Gasteiger partial charge in [0.2, 0.25) is 0 Å². The summed E-state index contributed by atoms with van der Waals surface area (Å²) in [4.78, 5) is 11.4. The summed E-state index contributed by atoms with van der Waals surface area (Å²) in [5.74, 6) is 0. The minimum absolute atomic E-state index is 0.00215. The van der Waals surface area contributed by atoms with Gasteiger partial charge in [-0.3, -0.25) is 0 Å². The Morgan fingerprint density at radius 3 is 2.87 bits per heavy atom. The topological polar surface area (TPSA) is 73.6 Å². The van der Waals surface area contributed by atoms with E-state index in [9.17, 15) is 4.79 Å². The monoisotopic (exact) mass is 214 g/mol. The molecule has 1 aliphatic carbocycles. The Kier molecular flexibility index (Phi) is 3.43. The largest absolute Gasteiger partial charge is 0.446 e. The van der Waals surface area contributed by atoms with Gasteiger partial charge >= 0.3 is 6.09 Å². The third-order valence-electron chi connectivity index (χ3n) is 2.95. The normalized spacial score (nSPS) is 35.4. The number of alkyl carbamates (subject to hydrolysis) is 1. The van der Waals surface area contributed by atoms with Gasteiger partial charge < -0.3 is 20.5 Å². The van der Waals surface area contributed by atoms with E-state index in [0.29, 0.717) is 6.61 Å². The molecule has 0 spiro atoms. The molecule has 0 radical (unpaired) electrons. The maximum atomic E-state index is 11.4. The molecular formula is C10H18N2O3. The highest BCUT2D eigenvalue weighted by Crippen LogP contribution is 2.20. The van der Waals surface area contributed by atoms with Crippen molar-refractivity contribution in [2.24, 2.45) is 5.73 Å². The van der Waals surface area contributed by atoms with Crippen molar-refractivity contribution in [2.45, 2.75) is 43.9 Å². The zero-order valence-corrected chi connectivity index (χ0v) is 8.78. The zero-order valence-electron chi connectivity index (χ0n) is 8.78. The lowest BCUT2D eigenvalue weighted by Gasteiger charge is -2.15.